The Labute approximate surface area is 230 Å². The van der Waals surface area contributed by atoms with E-state index in [9.17, 15) is 9.90 Å². The summed E-state index contributed by atoms with van der Waals surface area (Å²) in [6, 6.07) is 18.9. The Morgan fingerprint density at radius 2 is 1.72 bits per heavy atom. The molecule has 1 radical (unpaired) electrons. The van der Waals surface area contributed by atoms with Gasteiger partial charge in [-0.2, -0.15) is 18.2 Å². The fourth-order valence-corrected chi connectivity index (χ4v) is 3.16. The molecule has 0 saturated carbocycles. The van der Waals surface area contributed by atoms with Crippen LogP contribution in [-0.2, 0) is 24.9 Å². The van der Waals surface area contributed by atoms with Gasteiger partial charge in [-0.15, -0.1) is 12.1 Å². The monoisotopic (exact) mass is 667 g/mol. The molecule has 0 atom stereocenters. The first-order chi connectivity index (χ1) is 16.4. The average molecular weight is 667 g/mol. The molecule has 5 heteroatoms. The molecule has 36 heavy (non-hydrogen) atoms. The molecule has 0 unspecified atom stereocenters. The number of nitrogens with zero attached hydrogens (tertiary/aromatic N) is 1. The zero-order chi connectivity index (χ0) is 26.2. The molecule has 3 rings (SSSR count). The molecular formula is C31H40IrNO3-. The maximum absolute atomic E-state index is 11.8. The number of hydrogen-bond donors (Lipinski definition) is 1. The van der Waals surface area contributed by atoms with Crippen molar-refractivity contribution in [2.75, 3.05) is 0 Å². The second-order valence-corrected chi connectivity index (χ2v) is 10.4. The van der Waals surface area contributed by atoms with E-state index in [1.54, 1.807) is 0 Å². The van der Waals surface area contributed by atoms with Crippen LogP contribution < -0.4 is 4.74 Å². The van der Waals surface area contributed by atoms with Gasteiger partial charge < -0.3 is 9.84 Å². The van der Waals surface area contributed by atoms with Crippen molar-refractivity contribution in [3.8, 4) is 11.6 Å². The molecule has 0 aliphatic rings. The van der Waals surface area contributed by atoms with E-state index in [0.717, 1.165) is 18.2 Å². The van der Waals surface area contributed by atoms with Gasteiger partial charge in [0.1, 0.15) is 5.76 Å². The number of ketones is 1. The summed E-state index contributed by atoms with van der Waals surface area (Å²) in [6.45, 7) is 16.0. The number of fused-ring (bicyclic) bond motifs is 1. The van der Waals surface area contributed by atoms with Gasteiger partial charge in [0.15, 0.2) is 5.78 Å². The molecule has 0 bridgehead atoms. The zero-order valence-electron chi connectivity index (χ0n) is 22.8. The molecule has 0 aliphatic heterocycles. The smallest absolute Gasteiger partial charge is 0.217 e. The van der Waals surface area contributed by atoms with Crippen LogP contribution in [0.2, 0.25) is 0 Å². The van der Waals surface area contributed by atoms with E-state index in [1.165, 1.54) is 17.0 Å². The van der Waals surface area contributed by atoms with Crippen molar-refractivity contribution < 1.29 is 34.7 Å². The van der Waals surface area contributed by atoms with Crippen molar-refractivity contribution in [1.82, 2.24) is 4.98 Å². The third kappa shape index (κ3) is 8.57. The number of hydrogen-bond acceptors (Lipinski definition) is 4. The number of pyridine rings is 1. The van der Waals surface area contributed by atoms with E-state index < -0.39 is 0 Å². The van der Waals surface area contributed by atoms with E-state index in [0.29, 0.717) is 17.5 Å². The number of para-hydroxylation sites is 1. The number of carbonyl (C=O) groups is 1. The van der Waals surface area contributed by atoms with Crippen molar-refractivity contribution in [3.63, 3.8) is 0 Å². The van der Waals surface area contributed by atoms with Crippen LogP contribution in [0, 0.1) is 16.9 Å². The first-order valence-electron chi connectivity index (χ1n) is 12.4. The quantitative estimate of drug-likeness (QED) is 0.148. The Kier molecular flexibility index (Phi) is 12.0. The van der Waals surface area contributed by atoms with E-state index >= 15 is 0 Å². The standard InChI is InChI=1S/C18H16NO.C13H24O2.Ir/c1-13(2)16-10-6-7-14-11-18(19-12-17(14)16)20-15-8-4-3-5-9-15;1-7-12(3,4)10(14)9-11(15)13(5,6)8-2;/h3-8,10-13H,1-2H3;9,14H,7-8H2,1-6H3;/q-1;;/b;10-9-;. The predicted octanol–water partition coefficient (Wildman–Crippen LogP) is 8.82. The van der Waals surface area contributed by atoms with Crippen LogP contribution in [-0.4, -0.2) is 15.9 Å². The molecule has 1 aromatic heterocycles. The molecule has 197 valence electrons. The Bertz CT molecular complexity index is 1150. The van der Waals surface area contributed by atoms with Crippen molar-refractivity contribution in [2.45, 2.75) is 74.1 Å². The molecule has 3 aromatic rings. The number of carbonyl (C=O) groups excluding carboxylic acids is 1. The zero-order valence-corrected chi connectivity index (χ0v) is 25.2. The summed E-state index contributed by atoms with van der Waals surface area (Å²) >= 11 is 0. The van der Waals surface area contributed by atoms with Crippen molar-refractivity contribution in [1.29, 1.82) is 0 Å². The number of rotatable bonds is 8. The number of benzene rings is 2. The number of ether oxygens (including phenoxy) is 1. The van der Waals surface area contributed by atoms with E-state index in [4.69, 9.17) is 4.74 Å². The molecule has 1 N–H and O–H groups in total. The molecule has 0 saturated heterocycles. The van der Waals surface area contributed by atoms with Crippen LogP contribution in [0.4, 0.5) is 0 Å². The fraction of sp³-hybridized carbons (Fsp3) is 0.419. The summed E-state index contributed by atoms with van der Waals surface area (Å²) in [6.07, 6.45) is 4.88. The Hall–Kier alpha value is -2.49. The SMILES string of the molecule is CC(C)c1cccc2cc(Oc3[c-]cccc3)ncc12.CCC(C)(C)C(=O)/C=C(\O)C(C)(C)CC.[Ir]. The van der Waals surface area contributed by atoms with E-state index in [1.807, 2.05) is 78.1 Å². The van der Waals surface area contributed by atoms with Gasteiger partial charge in [0.05, 0.1) is 0 Å². The van der Waals surface area contributed by atoms with Gasteiger partial charge in [0.2, 0.25) is 5.88 Å². The molecule has 4 nitrogen and oxygen atoms in total. The van der Waals surface area contributed by atoms with Crippen LogP contribution in [0.3, 0.4) is 0 Å². The van der Waals surface area contributed by atoms with Gasteiger partial charge in [-0.3, -0.25) is 4.79 Å². The Balaban J connectivity index is 0.000000367. The maximum atomic E-state index is 11.8. The third-order valence-corrected chi connectivity index (χ3v) is 6.69. The topological polar surface area (TPSA) is 59.4 Å². The van der Waals surface area contributed by atoms with E-state index in [2.05, 4.69) is 43.1 Å². The summed E-state index contributed by atoms with van der Waals surface area (Å²) in [7, 11) is 0. The van der Waals surface area contributed by atoms with Crippen molar-refractivity contribution in [3.05, 3.63) is 78.2 Å². The number of aromatic nitrogens is 1. The van der Waals surface area contributed by atoms with Gasteiger partial charge >= 0.3 is 0 Å². The second kappa shape index (κ2) is 13.7. The van der Waals surface area contributed by atoms with Gasteiger partial charge in [-0.05, 0) is 29.7 Å². The summed E-state index contributed by atoms with van der Waals surface area (Å²) in [5, 5.41) is 12.2. The Morgan fingerprint density at radius 1 is 1.06 bits per heavy atom. The van der Waals surface area contributed by atoms with Crippen molar-refractivity contribution in [2.24, 2.45) is 10.8 Å². The Morgan fingerprint density at radius 3 is 2.28 bits per heavy atom. The summed E-state index contributed by atoms with van der Waals surface area (Å²) in [5.74, 6) is 1.95. The minimum atomic E-state index is -0.377. The molecule has 0 fully saturated rings. The van der Waals surface area contributed by atoms with Crippen LogP contribution in [0.1, 0.15) is 79.7 Å². The second-order valence-electron chi connectivity index (χ2n) is 10.4. The van der Waals surface area contributed by atoms with Crippen molar-refractivity contribution >= 4 is 16.6 Å². The van der Waals surface area contributed by atoms with Crippen LogP contribution in [0.15, 0.2) is 66.6 Å². The molecule has 1 heterocycles. The number of aliphatic hydroxyl groups excluding tert-OH is 1. The maximum Gasteiger partial charge on any atom is 0.217 e. The largest absolute Gasteiger partial charge is 0.512 e. The third-order valence-electron chi connectivity index (χ3n) is 6.69. The van der Waals surface area contributed by atoms with Crippen LogP contribution >= 0.6 is 0 Å². The fourth-order valence-electron chi connectivity index (χ4n) is 3.16. The van der Waals surface area contributed by atoms with Gasteiger partial charge in [-0.1, -0.05) is 73.6 Å². The predicted molar refractivity (Wildman–Crippen MR) is 145 cm³/mol. The molecule has 2 aromatic carbocycles. The average Bonchev–Trinajstić information content (AvgIpc) is 2.84. The van der Waals surface area contributed by atoms with Crippen LogP contribution in [0.25, 0.3) is 10.8 Å². The molecule has 0 spiro atoms. The summed E-state index contributed by atoms with van der Waals surface area (Å²) in [4.78, 5) is 16.2. The number of aliphatic hydroxyl groups is 1. The minimum Gasteiger partial charge on any atom is -0.512 e. The first-order valence-corrected chi connectivity index (χ1v) is 12.4. The molecule has 0 aliphatic carbocycles. The first kappa shape index (κ1) is 31.5. The van der Waals surface area contributed by atoms with Crippen LogP contribution in [0.5, 0.6) is 11.6 Å². The van der Waals surface area contributed by atoms with Gasteiger partial charge in [-0.25, -0.2) is 4.98 Å². The number of allylic oxidation sites excluding steroid dienone is 2. The summed E-state index contributed by atoms with van der Waals surface area (Å²) < 4.78 is 5.72. The van der Waals surface area contributed by atoms with E-state index in [-0.39, 0.29) is 42.5 Å². The summed E-state index contributed by atoms with van der Waals surface area (Å²) in [5.41, 5.74) is 0.630. The normalized spacial score (nSPS) is 12.0. The molecular weight excluding hydrogens is 627 g/mol. The minimum absolute atomic E-state index is 0. The van der Waals surface area contributed by atoms with Gasteiger partial charge in [0, 0.05) is 60.4 Å². The molecule has 0 amide bonds. The van der Waals surface area contributed by atoms with Gasteiger partial charge in [0.25, 0.3) is 0 Å².